The minimum absolute atomic E-state index is 0.250. The maximum Gasteiger partial charge on any atom is 0.303 e. The Morgan fingerprint density at radius 1 is 1.31 bits per heavy atom. The molecule has 0 aromatic rings. The van der Waals surface area contributed by atoms with E-state index in [1.807, 2.05) is 6.08 Å². The molecule has 4 heteroatoms. The summed E-state index contributed by atoms with van der Waals surface area (Å²) in [6.07, 6.45) is 6.02. The van der Waals surface area contributed by atoms with E-state index in [2.05, 4.69) is 6.58 Å². The molecule has 0 atom stereocenters. The van der Waals surface area contributed by atoms with Gasteiger partial charge in [-0.1, -0.05) is 12.5 Å². The highest BCUT2D eigenvalue weighted by atomic mass is 16.4. The van der Waals surface area contributed by atoms with E-state index < -0.39 is 5.97 Å². The number of carboxylic acids is 1. The average Bonchev–Trinajstić information content (AvgIpc) is 2.05. The molecule has 0 bridgehead atoms. The molecular formula is C9H16O4. The van der Waals surface area contributed by atoms with E-state index in [4.69, 9.17) is 15.0 Å². The maximum absolute atomic E-state index is 10.0. The van der Waals surface area contributed by atoms with E-state index >= 15 is 0 Å². The van der Waals surface area contributed by atoms with Crippen molar-refractivity contribution in [3.63, 3.8) is 0 Å². The van der Waals surface area contributed by atoms with E-state index in [9.17, 15) is 4.79 Å². The minimum Gasteiger partial charge on any atom is -0.483 e. The third-order valence-corrected chi connectivity index (χ3v) is 1.30. The standard InChI is InChI=1S/C8H14O2.CH2O2/c1-2-3-4-5-6-7-8(9)10;2-1-3/h2H,1,3-7H2,(H,9,10);1H,(H,2,3). The summed E-state index contributed by atoms with van der Waals surface area (Å²) in [6.45, 7) is 3.33. The molecule has 0 aliphatic heterocycles. The molecule has 0 fully saturated rings. The van der Waals surface area contributed by atoms with E-state index in [0.29, 0.717) is 6.42 Å². The van der Waals surface area contributed by atoms with Crippen LogP contribution in [0, 0.1) is 0 Å². The highest BCUT2D eigenvalue weighted by Gasteiger charge is 1.94. The zero-order chi connectivity index (χ0) is 10.5. The van der Waals surface area contributed by atoms with Gasteiger partial charge in [-0.15, -0.1) is 6.58 Å². The van der Waals surface area contributed by atoms with Gasteiger partial charge in [0.05, 0.1) is 0 Å². The van der Waals surface area contributed by atoms with Gasteiger partial charge in [-0.25, -0.2) is 0 Å². The van der Waals surface area contributed by atoms with Crippen LogP contribution in [-0.4, -0.2) is 22.7 Å². The Morgan fingerprint density at radius 3 is 2.23 bits per heavy atom. The summed E-state index contributed by atoms with van der Waals surface area (Å²) < 4.78 is 0. The first-order valence-corrected chi connectivity index (χ1v) is 4.09. The summed E-state index contributed by atoms with van der Waals surface area (Å²) in [5.41, 5.74) is 0. The van der Waals surface area contributed by atoms with Crippen LogP contribution in [0.25, 0.3) is 0 Å². The topological polar surface area (TPSA) is 74.6 Å². The summed E-state index contributed by atoms with van der Waals surface area (Å²) >= 11 is 0. The van der Waals surface area contributed by atoms with Crippen LogP contribution in [0.2, 0.25) is 0 Å². The number of aliphatic carboxylic acids is 1. The van der Waals surface area contributed by atoms with Gasteiger partial charge in [-0.05, 0) is 19.3 Å². The summed E-state index contributed by atoms with van der Waals surface area (Å²) in [5.74, 6) is -0.696. The van der Waals surface area contributed by atoms with Crippen molar-refractivity contribution in [1.29, 1.82) is 0 Å². The summed E-state index contributed by atoms with van der Waals surface area (Å²) in [5, 5.41) is 15.1. The molecule has 0 aromatic carbocycles. The van der Waals surface area contributed by atoms with E-state index in [-0.39, 0.29) is 6.47 Å². The first-order valence-electron chi connectivity index (χ1n) is 4.09. The molecule has 0 saturated heterocycles. The Kier molecular flexibility index (Phi) is 14.5. The fourth-order valence-electron chi connectivity index (χ4n) is 0.742. The minimum atomic E-state index is -0.696. The van der Waals surface area contributed by atoms with Crippen LogP contribution in [0.15, 0.2) is 12.7 Å². The van der Waals surface area contributed by atoms with Gasteiger partial charge < -0.3 is 10.2 Å². The molecule has 0 aromatic heterocycles. The number of allylic oxidation sites excluding steroid dienone is 1. The largest absolute Gasteiger partial charge is 0.483 e. The van der Waals surface area contributed by atoms with E-state index in [1.165, 1.54) is 0 Å². The SMILES string of the molecule is C=CCCCCCC(=O)O.O=CO. The van der Waals surface area contributed by atoms with Crippen molar-refractivity contribution in [1.82, 2.24) is 0 Å². The third-order valence-electron chi connectivity index (χ3n) is 1.30. The Morgan fingerprint density at radius 2 is 1.85 bits per heavy atom. The molecule has 0 unspecified atom stereocenters. The van der Waals surface area contributed by atoms with E-state index in [1.54, 1.807) is 0 Å². The molecule has 2 N–H and O–H groups in total. The lowest BCUT2D eigenvalue weighted by molar-refractivity contribution is -0.137. The van der Waals surface area contributed by atoms with Gasteiger partial charge >= 0.3 is 5.97 Å². The van der Waals surface area contributed by atoms with E-state index in [0.717, 1.165) is 25.7 Å². The van der Waals surface area contributed by atoms with Crippen LogP contribution in [0.4, 0.5) is 0 Å². The lowest BCUT2D eigenvalue weighted by Gasteiger charge is -1.93. The van der Waals surface area contributed by atoms with Crippen molar-refractivity contribution in [2.75, 3.05) is 0 Å². The number of hydrogen-bond donors (Lipinski definition) is 2. The molecule has 0 saturated carbocycles. The Hall–Kier alpha value is -1.32. The smallest absolute Gasteiger partial charge is 0.303 e. The molecular weight excluding hydrogens is 172 g/mol. The molecule has 0 aliphatic rings. The van der Waals surface area contributed by atoms with Gasteiger partial charge in [0.2, 0.25) is 0 Å². The molecule has 0 heterocycles. The quantitative estimate of drug-likeness (QED) is 0.379. The fourth-order valence-corrected chi connectivity index (χ4v) is 0.742. The summed E-state index contributed by atoms with van der Waals surface area (Å²) in [4.78, 5) is 18.4. The second-order valence-electron chi connectivity index (χ2n) is 2.39. The lowest BCUT2D eigenvalue weighted by atomic mass is 10.1. The van der Waals surface area contributed by atoms with Crippen LogP contribution >= 0.6 is 0 Å². The van der Waals surface area contributed by atoms with Crippen LogP contribution < -0.4 is 0 Å². The summed E-state index contributed by atoms with van der Waals surface area (Å²) in [7, 11) is 0. The number of carboxylic acid groups (broad SMARTS) is 2. The Balaban J connectivity index is 0. The van der Waals surface area contributed by atoms with Gasteiger partial charge in [0.25, 0.3) is 6.47 Å². The predicted octanol–water partition coefficient (Wildman–Crippen LogP) is 1.91. The van der Waals surface area contributed by atoms with Gasteiger partial charge in [-0.3, -0.25) is 9.59 Å². The second kappa shape index (κ2) is 13.3. The predicted molar refractivity (Wildman–Crippen MR) is 49.6 cm³/mol. The Labute approximate surface area is 77.9 Å². The molecule has 0 amide bonds. The molecule has 0 rings (SSSR count). The number of hydrogen-bond acceptors (Lipinski definition) is 2. The first-order chi connectivity index (χ1) is 6.18. The molecule has 4 nitrogen and oxygen atoms in total. The van der Waals surface area contributed by atoms with Gasteiger partial charge in [0.15, 0.2) is 0 Å². The van der Waals surface area contributed by atoms with Crippen LogP contribution in [0.5, 0.6) is 0 Å². The highest BCUT2D eigenvalue weighted by molar-refractivity contribution is 5.66. The molecule has 13 heavy (non-hydrogen) atoms. The number of unbranched alkanes of at least 4 members (excludes halogenated alkanes) is 3. The van der Waals surface area contributed by atoms with Crippen LogP contribution in [0.3, 0.4) is 0 Å². The maximum atomic E-state index is 10.0. The van der Waals surface area contributed by atoms with Crippen LogP contribution in [0.1, 0.15) is 32.1 Å². The van der Waals surface area contributed by atoms with Crippen molar-refractivity contribution in [3.05, 3.63) is 12.7 Å². The number of carbonyl (C=O) groups is 2. The van der Waals surface area contributed by atoms with Crippen molar-refractivity contribution in [3.8, 4) is 0 Å². The lowest BCUT2D eigenvalue weighted by Crippen LogP contribution is -1.93. The average molecular weight is 188 g/mol. The third kappa shape index (κ3) is 24.9. The van der Waals surface area contributed by atoms with Crippen LogP contribution in [-0.2, 0) is 9.59 Å². The van der Waals surface area contributed by atoms with Gasteiger partial charge in [-0.2, -0.15) is 0 Å². The number of rotatable bonds is 6. The molecule has 0 aliphatic carbocycles. The fraction of sp³-hybridized carbons (Fsp3) is 0.556. The highest BCUT2D eigenvalue weighted by Crippen LogP contribution is 2.02. The Bertz CT molecular complexity index is 143. The van der Waals surface area contributed by atoms with Gasteiger partial charge in [0, 0.05) is 6.42 Å². The second-order valence-corrected chi connectivity index (χ2v) is 2.39. The normalized spacial score (nSPS) is 8.00. The van der Waals surface area contributed by atoms with Crippen molar-refractivity contribution >= 4 is 12.4 Å². The van der Waals surface area contributed by atoms with Crippen molar-refractivity contribution in [2.24, 2.45) is 0 Å². The monoisotopic (exact) mass is 188 g/mol. The van der Waals surface area contributed by atoms with Crippen molar-refractivity contribution in [2.45, 2.75) is 32.1 Å². The molecule has 0 radical (unpaired) electrons. The molecule has 0 spiro atoms. The van der Waals surface area contributed by atoms with Gasteiger partial charge in [0.1, 0.15) is 0 Å². The van der Waals surface area contributed by atoms with Crippen molar-refractivity contribution < 1.29 is 19.8 Å². The first kappa shape index (κ1) is 14.2. The zero-order valence-corrected chi connectivity index (χ0v) is 7.61. The molecule has 76 valence electrons. The zero-order valence-electron chi connectivity index (χ0n) is 7.61. The summed E-state index contributed by atoms with van der Waals surface area (Å²) in [6, 6.07) is 0.